The highest BCUT2D eigenvalue weighted by Gasteiger charge is 2.33. The number of rotatable bonds is 4. The summed E-state index contributed by atoms with van der Waals surface area (Å²) in [5.41, 5.74) is 1.20. The van der Waals surface area contributed by atoms with Crippen molar-refractivity contribution in [2.24, 2.45) is 4.99 Å². The molecule has 3 heterocycles. The molecule has 1 atom stereocenters. The van der Waals surface area contributed by atoms with Gasteiger partial charge < -0.3 is 9.84 Å². The lowest BCUT2D eigenvalue weighted by atomic mass is 10.0. The molecule has 148 valence electrons. The fraction of sp³-hybridized carbons (Fsp3) is 0.190. The average Bonchev–Trinajstić information content (AvgIpc) is 3.32. The highest BCUT2D eigenvalue weighted by Crippen LogP contribution is 2.33. The molecule has 1 aromatic carbocycles. The minimum atomic E-state index is -0.586. The van der Waals surface area contributed by atoms with Crippen molar-refractivity contribution in [2.75, 3.05) is 6.61 Å². The van der Waals surface area contributed by atoms with Crippen LogP contribution in [0.3, 0.4) is 0 Å². The number of nitrogens with zero attached hydrogens (tertiary/aromatic N) is 2. The van der Waals surface area contributed by atoms with E-state index in [0.29, 0.717) is 26.2 Å². The zero-order chi connectivity index (χ0) is 20.5. The lowest BCUT2D eigenvalue weighted by Gasteiger charge is -2.23. The number of aromatic hydroxyl groups is 1. The maximum absolute atomic E-state index is 13.3. The number of ether oxygens (including phenoxy) is 1. The van der Waals surface area contributed by atoms with Crippen LogP contribution in [0.2, 0.25) is 0 Å². The summed E-state index contributed by atoms with van der Waals surface area (Å²) in [5, 5.41) is 12.0. The first-order valence-electron chi connectivity index (χ1n) is 9.02. The standard InChI is InChI=1S/C21H18N2O4S2/c1-3-27-20(26)17-12(2)22-21-23(18(17)15-9-6-10-28-15)19(25)16(29-21)11-13-7-4-5-8-14(13)24/h4-11,18,24H,3H2,1-2H3/b16-11-. The Balaban J connectivity index is 1.96. The number of hydrogen-bond donors (Lipinski definition) is 1. The van der Waals surface area contributed by atoms with E-state index in [2.05, 4.69) is 4.99 Å². The Labute approximate surface area is 174 Å². The summed E-state index contributed by atoms with van der Waals surface area (Å²) in [4.78, 5) is 31.9. The molecule has 2 aromatic heterocycles. The van der Waals surface area contributed by atoms with Crippen molar-refractivity contribution < 1.29 is 14.6 Å². The number of thiophene rings is 1. The van der Waals surface area contributed by atoms with Gasteiger partial charge in [-0.2, -0.15) is 0 Å². The van der Waals surface area contributed by atoms with Crippen LogP contribution in [0.25, 0.3) is 6.08 Å². The molecule has 0 spiro atoms. The van der Waals surface area contributed by atoms with Crippen LogP contribution in [0.5, 0.6) is 5.75 Å². The molecule has 0 bridgehead atoms. The average molecular weight is 427 g/mol. The van der Waals surface area contributed by atoms with Crippen LogP contribution in [0.1, 0.15) is 30.3 Å². The van der Waals surface area contributed by atoms with Crippen LogP contribution in [0.4, 0.5) is 0 Å². The second-order valence-corrected chi connectivity index (χ2v) is 8.36. The third kappa shape index (κ3) is 3.45. The molecule has 1 unspecified atom stereocenters. The Morgan fingerprint density at radius 2 is 2.10 bits per heavy atom. The van der Waals surface area contributed by atoms with E-state index in [0.717, 1.165) is 4.88 Å². The van der Waals surface area contributed by atoms with Gasteiger partial charge >= 0.3 is 5.97 Å². The molecule has 3 aromatic rings. The Bertz CT molecular complexity index is 1280. The van der Waals surface area contributed by atoms with Crippen LogP contribution < -0.4 is 14.9 Å². The molecule has 0 radical (unpaired) electrons. The van der Waals surface area contributed by atoms with Crippen molar-refractivity contribution in [1.82, 2.24) is 4.57 Å². The number of allylic oxidation sites excluding steroid dienone is 1. The van der Waals surface area contributed by atoms with Gasteiger partial charge in [0, 0.05) is 10.4 Å². The molecular formula is C21H18N2O4S2. The van der Waals surface area contributed by atoms with Crippen LogP contribution in [0, 0.1) is 0 Å². The molecule has 0 amide bonds. The summed E-state index contributed by atoms with van der Waals surface area (Å²) < 4.78 is 7.23. The van der Waals surface area contributed by atoms with Gasteiger partial charge in [0.2, 0.25) is 0 Å². The second-order valence-electron chi connectivity index (χ2n) is 6.38. The summed E-state index contributed by atoms with van der Waals surface area (Å²) in [6.45, 7) is 3.74. The predicted octanol–water partition coefficient (Wildman–Crippen LogP) is 2.57. The van der Waals surface area contributed by atoms with Gasteiger partial charge in [-0.1, -0.05) is 35.6 Å². The topological polar surface area (TPSA) is 80.9 Å². The molecule has 29 heavy (non-hydrogen) atoms. The van der Waals surface area contributed by atoms with Crippen LogP contribution >= 0.6 is 22.7 Å². The Kier molecular flexibility index (Phi) is 5.21. The van der Waals surface area contributed by atoms with Gasteiger partial charge in [0.15, 0.2) is 4.80 Å². The largest absolute Gasteiger partial charge is 0.507 e. The van der Waals surface area contributed by atoms with Gasteiger partial charge in [0.25, 0.3) is 5.56 Å². The van der Waals surface area contributed by atoms with Crippen molar-refractivity contribution in [2.45, 2.75) is 19.9 Å². The van der Waals surface area contributed by atoms with Crippen LogP contribution in [0.15, 0.2) is 62.8 Å². The van der Waals surface area contributed by atoms with Crippen molar-refractivity contribution >= 4 is 34.7 Å². The number of para-hydroxylation sites is 1. The molecule has 4 rings (SSSR count). The van der Waals surface area contributed by atoms with Gasteiger partial charge in [-0.25, -0.2) is 9.79 Å². The number of esters is 1. The van der Waals surface area contributed by atoms with Gasteiger partial charge in [-0.05, 0) is 37.4 Å². The van der Waals surface area contributed by atoms with E-state index >= 15 is 0 Å². The molecule has 6 nitrogen and oxygen atoms in total. The third-order valence-corrected chi connectivity index (χ3v) is 6.46. The molecule has 1 N–H and O–H groups in total. The summed E-state index contributed by atoms with van der Waals surface area (Å²) in [6.07, 6.45) is 1.65. The van der Waals surface area contributed by atoms with Crippen molar-refractivity contribution in [1.29, 1.82) is 0 Å². The summed E-state index contributed by atoms with van der Waals surface area (Å²) in [7, 11) is 0. The van der Waals surface area contributed by atoms with Gasteiger partial charge in [-0.3, -0.25) is 9.36 Å². The number of fused-ring (bicyclic) bond motifs is 1. The number of carbonyl (C=O) groups is 1. The quantitative estimate of drug-likeness (QED) is 0.650. The molecule has 0 fully saturated rings. The van der Waals surface area contributed by atoms with E-state index < -0.39 is 12.0 Å². The highest BCUT2D eigenvalue weighted by atomic mass is 32.1. The lowest BCUT2D eigenvalue weighted by molar-refractivity contribution is -0.139. The minimum absolute atomic E-state index is 0.0940. The normalized spacial score (nSPS) is 16.5. The molecule has 8 heteroatoms. The maximum Gasteiger partial charge on any atom is 0.338 e. The number of aromatic nitrogens is 1. The fourth-order valence-electron chi connectivity index (χ4n) is 3.26. The molecule has 0 saturated heterocycles. The summed E-state index contributed by atoms with van der Waals surface area (Å²) in [6, 6.07) is 10.0. The van der Waals surface area contributed by atoms with Crippen LogP contribution in [-0.4, -0.2) is 22.2 Å². The summed E-state index contributed by atoms with van der Waals surface area (Å²) in [5.74, 6) is -0.376. The monoisotopic (exact) mass is 426 g/mol. The first kappa shape index (κ1) is 19.4. The number of carbonyl (C=O) groups excluding carboxylic acids is 1. The Morgan fingerprint density at radius 1 is 1.31 bits per heavy atom. The molecule has 1 aliphatic heterocycles. The van der Waals surface area contributed by atoms with Crippen LogP contribution in [-0.2, 0) is 9.53 Å². The summed E-state index contributed by atoms with van der Waals surface area (Å²) >= 11 is 2.70. The van der Waals surface area contributed by atoms with Crippen molar-refractivity contribution in [3.63, 3.8) is 0 Å². The van der Waals surface area contributed by atoms with Gasteiger partial charge in [0.1, 0.15) is 11.8 Å². The Morgan fingerprint density at radius 3 is 2.79 bits per heavy atom. The third-order valence-electron chi connectivity index (χ3n) is 4.55. The zero-order valence-corrected chi connectivity index (χ0v) is 17.4. The maximum atomic E-state index is 13.3. The Hall–Kier alpha value is -2.97. The fourth-order valence-corrected chi connectivity index (χ4v) is 5.12. The number of phenols is 1. The first-order valence-corrected chi connectivity index (χ1v) is 10.7. The van der Waals surface area contributed by atoms with Gasteiger partial charge in [-0.15, -0.1) is 11.3 Å². The minimum Gasteiger partial charge on any atom is -0.507 e. The number of phenolic OH excluding ortho intramolecular Hbond substituents is 1. The smallest absolute Gasteiger partial charge is 0.338 e. The van der Waals surface area contributed by atoms with E-state index in [9.17, 15) is 14.7 Å². The first-order chi connectivity index (χ1) is 14.0. The molecule has 1 aliphatic rings. The van der Waals surface area contributed by atoms with E-state index in [1.807, 2.05) is 17.5 Å². The molecular weight excluding hydrogens is 408 g/mol. The number of hydrogen-bond acceptors (Lipinski definition) is 7. The number of thiazole rings is 1. The zero-order valence-electron chi connectivity index (χ0n) is 15.8. The van der Waals surface area contributed by atoms with E-state index in [1.165, 1.54) is 22.7 Å². The SMILES string of the molecule is CCOC(=O)C1=C(C)N=c2s/c(=C\c3ccccc3O)c(=O)n2C1c1cccs1. The molecule has 0 aliphatic carbocycles. The van der Waals surface area contributed by atoms with E-state index in [4.69, 9.17) is 4.74 Å². The molecule has 0 saturated carbocycles. The van der Waals surface area contributed by atoms with E-state index in [-0.39, 0.29) is 17.9 Å². The lowest BCUT2D eigenvalue weighted by Crippen LogP contribution is -2.39. The second kappa shape index (κ2) is 7.81. The highest BCUT2D eigenvalue weighted by molar-refractivity contribution is 7.10. The van der Waals surface area contributed by atoms with Crippen molar-refractivity contribution in [3.05, 3.63) is 83.2 Å². The predicted molar refractivity (Wildman–Crippen MR) is 113 cm³/mol. The van der Waals surface area contributed by atoms with Crippen molar-refractivity contribution in [3.8, 4) is 5.75 Å². The number of benzene rings is 1. The van der Waals surface area contributed by atoms with E-state index in [1.54, 1.807) is 48.8 Å². The van der Waals surface area contributed by atoms with Gasteiger partial charge in [0.05, 0.1) is 22.4 Å².